The van der Waals surface area contributed by atoms with Crippen molar-refractivity contribution in [3.8, 4) is 5.75 Å². The number of benzene rings is 1. The van der Waals surface area contributed by atoms with E-state index in [0.717, 1.165) is 5.56 Å². The number of carbonyl (C=O) groups excluding carboxylic acids is 1. The molecule has 0 radical (unpaired) electrons. The van der Waals surface area contributed by atoms with E-state index in [1.54, 1.807) is 19.1 Å². The first-order valence-electron chi connectivity index (χ1n) is 5.04. The summed E-state index contributed by atoms with van der Waals surface area (Å²) in [7, 11) is 0. The second kappa shape index (κ2) is 6.37. The maximum Gasteiger partial charge on any atom is 0.307 e. The Labute approximate surface area is 116 Å². The van der Waals surface area contributed by atoms with Gasteiger partial charge in [0.15, 0.2) is 0 Å². The molecule has 1 aromatic rings. The molecule has 0 aliphatic rings. The molecule has 0 spiro atoms. The van der Waals surface area contributed by atoms with Crippen molar-refractivity contribution in [1.29, 1.82) is 0 Å². The molecule has 4 nitrogen and oxygen atoms in total. The van der Waals surface area contributed by atoms with Crippen LogP contribution < -0.4 is 5.73 Å². The summed E-state index contributed by atoms with van der Waals surface area (Å²) >= 11 is 6.42. The molecule has 0 aliphatic heterocycles. The summed E-state index contributed by atoms with van der Waals surface area (Å²) in [6.07, 6.45) is 0.109. The first-order chi connectivity index (χ1) is 7.95. The van der Waals surface area contributed by atoms with Crippen LogP contribution in [-0.4, -0.2) is 17.7 Å². The van der Waals surface area contributed by atoms with Gasteiger partial charge >= 0.3 is 5.97 Å². The zero-order valence-electron chi connectivity index (χ0n) is 9.24. The van der Waals surface area contributed by atoms with E-state index >= 15 is 0 Å². The van der Waals surface area contributed by atoms with Crippen molar-refractivity contribution in [1.82, 2.24) is 0 Å². The van der Waals surface area contributed by atoms with Crippen LogP contribution in [-0.2, 0) is 9.53 Å². The molecule has 1 rings (SSSR count). The first-order valence-corrected chi connectivity index (χ1v) is 6.63. The van der Waals surface area contributed by atoms with Crippen LogP contribution in [0, 0.1) is 0 Å². The van der Waals surface area contributed by atoms with E-state index in [1.807, 2.05) is 0 Å². The van der Waals surface area contributed by atoms with Gasteiger partial charge in [0.25, 0.3) is 0 Å². The van der Waals surface area contributed by atoms with Gasteiger partial charge in [-0.2, -0.15) is 0 Å². The summed E-state index contributed by atoms with van der Waals surface area (Å²) in [6, 6.07) is 2.91. The van der Waals surface area contributed by atoms with Crippen molar-refractivity contribution < 1.29 is 14.6 Å². The molecule has 0 fully saturated rings. The number of nitrogens with two attached hydrogens (primary N) is 1. The third kappa shape index (κ3) is 3.97. The number of rotatable bonds is 4. The van der Waals surface area contributed by atoms with Gasteiger partial charge in [-0.15, -0.1) is 0 Å². The number of esters is 1. The summed E-state index contributed by atoms with van der Waals surface area (Å²) < 4.78 is 5.88. The average molecular weight is 367 g/mol. The lowest BCUT2D eigenvalue weighted by Crippen LogP contribution is -2.17. The van der Waals surface area contributed by atoms with E-state index in [-0.39, 0.29) is 18.1 Å². The SMILES string of the molecule is CCOC(=O)C[C@@H](N)c1cc(Br)c(O)c(Br)c1. The zero-order valence-corrected chi connectivity index (χ0v) is 12.4. The monoisotopic (exact) mass is 365 g/mol. The molecule has 0 unspecified atom stereocenters. The highest BCUT2D eigenvalue weighted by Gasteiger charge is 2.15. The molecule has 0 aliphatic carbocycles. The van der Waals surface area contributed by atoms with Crippen molar-refractivity contribution in [2.24, 2.45) is 5.73 Å². The molecule has 0 saturated carbocycles. The minimum atomic E-state index is -0.456. The van der Waals surface area contributed by atoms with E-state index in [4.69, 9.17) is 10.5 Å². The molecule has 3 N–H and O–H groups in total. The molecule has 1 aromatic carbocycles. The van der Waals surface area contributed by atoms with Gasteiger partial charge in [0, 0.05) is 6.04 Å². The first kappa shape index (κ1) is 14.5. The predicted molar refractivity (Wildman–Crippen MR) is 71.7 cm³/mol. The number of ether oxygens (including phenoxy) is 1. The number of carbonyl (C=O) groups is 1. The number of phenolic OH excluding ortho intramolecular Hbond substituents is 1. The van der Waals surface area contributed by atoms with Gasteiger partial charge in [-0.1, -0.05) is 0 Å². The Kier molecular flexibility index (Phi) is 5.42. The fourth-order valence-electron chi connectivity index (χ4n) is 1.32. The number of phenols is 1. The maximum atomic E-state index is 11.3. The van der Waals surface area contributed by atoms with Crippen molar-refractivity contribution in [2.75, 3.05) is 6.61 Å². The summed E-state index contributed by atoms with van der Waals surface area (Å²) in [4.78, 5) is 11.3. The summed E-state index contributed by atoms with van der Waals surface area (Å²) in [5, 5.41) is 9.55. The zero-order chi connectivity index (χ0) is 13.0. The van der Waals surface area contributed by atoms with Gasteiger partial charge in [0.1, 0.15) is 5.75 Å². The average Bonchev–Trinajstić information content (AvgIpc) is 2.25. The Morgan fingerprint density at radius 3 is 2.47 bits per heavy atom. The lowest BCUT2D eigenvalue weighted by molar-refractivity contribution is -0.143. The third-order valence-corrected chi connectivity index (χ3v) is 3.37. The molecular formula is C11H13Br2NO3. The molecule has 1 atom stereocenters. The minimum Gasteiger partial charge on any atom is -0.506 e. The standard InChI is InChI=1S/C11H13Br2NO3/c1-2-17-10(15)5-9(14)6-3-7(12)11(16)8(13)4-6/h3-4,9,16H,2,5,14H2,1H3/t9-/m1/s1. The fourth-order valence-corrected chi connectivity index (χ4v) is 2.54. The largest absolute Gasteiger partial charge is 0.506 e. The van der Waals surface area contributed by atoms with E-state index < -0.39 is 6.04 Å². The molecule has 0 bridgehead atoms. The van der Waals surface area contributed by atoms with Crippen LogP contribution in [0.3, 0.4) is 0 Å². The topological polar surface area (TPSA) is 72.5 Å². The summed E-state index contributed by atoms with van der Waals surface area (Å²) in [5.41, 5.74) is 6.63. The van der Waals surface area contributed by atoms with Crippen LogP contribution in [0.15, 0.2) is 21.1 Å². The molecule has 0 aromatic heterocycles. The van der Waals surface area contributed by atoms with E-state index in [1.165, 1.54) is 0 Å². The molecule has 17 heavy (non-hydrogen) atoms. The Hall–Kier alpha value is -0.590. The maximum absolute atomic E-state index is 11.3. The third-order valence-electron chi connectivity index (χ3n) is 2.16. The number of aromatic hydroxyl groups is 1. The highest BCUT2D eigenvalue weighted by atomic mass is 79.9. The lowest BCUT2D eigenvalue weighted by Gasteiger charge is -2.13. The summed E-state index contributed by atoms with van der Waals surface area (Å²) in [5.74, 6) is -0.225. The molecular weight excluding hydrogens is 354 g/mol. The Balaban J connectivity index is 2.82. The molecule has 0 amide bonds. The van der Waals surface area contributed by atoms with E-state index in [2.05, 4.69) is 31.9 Å². The van der Waals surface area contributed by atoms with Crippen LogP contribution in [0.4, 0.5) is 0 Å². The van der Waals surface area contributed by atoms with E-state index in [0.29, 0.717) is 15.6 Å². The highest BCUT2D eigenvalue weighted by Crippen LogP contribution is 2.35. The Morgan fingerprint density at radius 1 is 1.47 bits per heavy atom. The normalized spacial score (nSPS) is 12.2. The molecule has 94 valence electrons. The number of halogens is 2. The minimum absolute atomic E-state index is 0.108. The lowest BCUT2D eigenvalue weighted by atomic mass is 10.0. The van der Waals surface area contributed by atoms with Crippen molar-refractivity contribution in [2.45, 2.75) is 19.4 Å². The van der Waals surface area contributed by atoms with Gasteiger partial charge in [-0.05, 0) is 56.5 Å². The van der Waals surface area contributed by atoms with Crippen molar-refractivity contribution in [3.05, 3.63) is 26.6 Å². The molecule has 6 heteroatoms. The van der Waals surface area contributed by atoms with E-state index in [9.17, 15) is 9.90 Å². The van der Waals surface area contributed by atoms with Crippen LogP contribution >= 0.6 is 31.9 Å². The highest BCUT2D eigenvalue weighted by molar-refractivity contribution is 9.11. The fraction of sp³-hybridized carbons (Fsp3) is 0.364. The van der Waals surface area contributed by atoms with Gasteiger partial charge in [-0.3, -0.25) is 4.79 Å². The second-order valence-electron chi connectivity index (χ2n) is 3.45. The number of hydrogen-bond donors (Lipinski definition) is 2. The van der Waals surface area contributed by atoms with Gasteiger partial charge in [0.2, 0.25) is 0 Å². The van der Waals surface area contributed by atoms with Gasteiger partial charge in [-0.25, -0.2) is 0 Å². The Morgan fingerprint density at radius 2 is 2.00 bits per heavy atom. The molecule has 0 heterocycles. The van der Waals surface area contributed by atoms with Gasteiger partial charge in [0.05, 0.1) is 22.0 Å². The summed E-state index contributed by atoms with van der Waals surface area (Å²) in [6.45, 7) is 2.09. The predicted octanol–water partition coefficient (Wildman–Crippen LogP) is 2.87. The number of hydrogen-bond acceptors (Lipinski definition) is 4. The van der Waals surface area contributed by atoms with Crippen molar-refractivity contribution >= 4 is 37.8 Å². The second-order valence-corrected chi connectivity index (χ2v) is 5.16. The van der Waals surface area contributed by atoms with Gasteiger partial charge < -0.3 is 15.6 Å². The van der Waals surface area contributed by atoms with Crippen LogP contribution in [0.5, 0.6) is 5.75 Å². The quantitative estimate of drug-likeness (QED) is 0.803. The van der Waals surface area contributed by atoms with Crippen LogP contribution in [0.2, 0.25) is 0 Å². The van der Waals surface area contributed by atoms with Crippen LogP contribution in [0.25, 0.3) is 0 Å². The molecule has 0 saturated heterocycles. The smallest absolute Gasteiger partial charge is 0.307 e. The Bertz CT molecular complexity index is 400. The van der Waals surface area contributed by atoms with Crippen LogP contribution in [0.1, 0.15) is 24.9 Å². The van der Waals surface area contributed by atoms with Crippen molar-refractivity contribution in [3.63, 3.8) is 0 Å².